The van der Waals surface area contributed by atoms with Crippen molar-refractivity contribution in [3.05, 3.63) is 60.7 Å². The number of hydrogen-bond acceptors (Lipinski definition) is 3. The molecule has 1 amide bonds. The van der Waals surface area contributed by atoms with E-state index < -0.39 is 0 Å². The Balaban J connectivity index is 1.33. The third-order valence-corrected chi connectivity index (χ3v) is 5.07. The van der Waals surface area contributed by atoms with Gasteiger partial charge in [0.1, 0.15) is 6.54 Å². The standard InChI is InChI=1S/C20H22N4O/c25-20(14-24-15-22-18-3-1-2-4-19(18)24)23-11-7-17(8-12-23)13-16-5-9-21-10-6-16/h1-6,9-10,15,17H,7-8,11-14H2. The third-order valence-electron chi connectivity index (χ3n) is 5.07. The molecule has 1 aliphatic heterocycles. The molecule has 1 saturated heterocycles. The zero-order valence-electron chi connectivity index (χ0n) is 14.2. The van der Waals surface area contributed by atoms with E-state index in [1.54, 1.807) is 6.33 Å². The highest BCUT2D eigenvalue weighted by molar-refractivity contribution is 5.80. The first-order valence-electron chi connectivity index (χ1n) is 8.86. The molecule has 0 radical (unpaired) electrons. The van der Waals surface area contributed by atoms with Gasteiger partial charge in [0.15, 0.2) is 0 Å². The van der Waals surface area contributed by atoms with E-state index in [0.29, 0.717) is 12.5 Å². The summed E-state index contributed by atoms with van der Waals surface area (Å²) in [5.41, 5.74) is 3.29. The minimum atomic E-state index is 0.186. The number of hydrogen-bond donors (Lipinski definition) is 0. The summed E-state index contributed by atoms with van der Waals surface area (Å²) in [5, 5.41) is 0. The van der Waals surface area contributed by atoms with Crippen molar-refractivity contribution in [3.8, 4) is 0 Å². The molecule has 4 rings (SSSR count). The van der Waals surface area contributed by atoms with Crippen molar-refractivity contribution in [2.75, 3.05) is 13.1 Å². The molecule has 2 aromatic heterocycles. The normalized spacial score (nSPS) is 15.6. The number of carbonyl (C=O) groups is 1. The number of carbonyl (C=O) groups excluding carboxylic acids is 1. The molecular formula is C20H22N4O. The molecule has 0 aliphatic carbocycles. The molecule has 25 heavy (non-hydrogen) atoms. The second kappa shape index (κ2) is 7.05. The number of amides is 1. The minimum Gasteiger partial charge on any atom is -0.341 e. The molecule has 1 aromatic carbocycles. The van der Waals surface area contributed by atoms with Gasteiger partial charge in [-0.3, -0.25) is 9.78 Å². The van der Waals surface area contributed by atoms with Crippen LogP contribution in [0.5, 0.6) is 0 Å². The number of likely N-dealkylation sites (tertiary alicyclic amines) is 1. The average molecular weight is 334 g/mol. The summed E-state index contributed by atoms with van der Waals surface area (Å²) in [7, 11) is 0. The van der Waals surface area contributed by atoms with Crippen molar-refractivity contribution < 1.29 is 4.79 Å². The molecular weight excluding hydrogens is 312 g/mol. The van der Waals surface area contributed by atoms with Crippen LogP contribution in [0.4, 0.5) is 0 Å². The first-order valence-corrected chi connectivity index (χ1v) is 8.86. The Kier molecular flexibility index (Phi) is 4.46. The molecule has 0 bridgehead atoms. The van der Waals surface area contributed by atoms with Crippen LogP contribution in [0.15, 0.2) is 55.1 Å². The molecule has 1 fully saturated rings. The Bertz CT molecular complexity index is 850. The van der Waals surface area contributed by atoms with Crippen molar-refractivity contribution >= 4 is 16.9 Å². The Hall–Kier alpha value is -2.69. The Morgan fingerprint density at radius 3 is 2.64 bits per heavy atom. The number of imidazole rings is 1. The lowest BCUT2D eigenvalue weighted by atomic mass is 9.90. The van der Waals surface area contributed by atoms with Crippen LogP contribution in [0.1, 0.15) is 18.4 Å². The maximum Gasteiger partial charge on any atom is 0.242 e. The van der Waals surface area contributed by atoms with Crippen LogP contribution < -0.4 is 0 Å². The van der Waals surface area contributed by atoms with E-state index in [1.165, 1.54) is 5.56 Å². The van der Waals surface area contributed by atoms with Gasteiger partial charge in [-0.2, -0.15) is 0 Å². The summed E-state index contributed by atoms with van der Waals surface area (Å²) in [6.45, 7) is 2.07. The van der Waals surface area contributed by atoms with Gasteiger partial charge < -0.3 is 9.47 Å². The third kappa shape index (κ3) is 3.55. The lowest BCUT2D eigenvalue weighted by Crippen LogP contribution is -2.40. The van der Waals surface area contributed by atoms with Crippen molar-refractivity contribution in [3.63, 3.8) is 0 Å². The summed E-state index contributed by atoms with van der Waals surface area (Å²) in [4.78, 5) is 23.1. The van der Waals surface area contributed by atoms with Crippen LogP contribution in [0.25, 0.3) is 11.0 Å². The molecule has 0 spiro atoms. The number of rotatable bonds is 4. The van der Waals surface area contributed by atoms with E-state index in [-0.39, 0.29) is 5.91 Å². The van der Waals surface area contributed by atoms with Crippen LogP contribution in [0, 0.1) is 5.92 Å². The number of para-hydroxylation sites is 2. The number of fused-ring (bicyclic) bond motifs is 1. The number of nitrogens with zero attached hydrogens (tertiary/aromatic N) is 4. The zero-order valence-corrected chi connectivity index (χ0v) is 14.2. The van der Waals surface area contributed by atoms with Crippen molar-refractivity contribution in [1.82, 2.24) is 19.4 Å². The quantitative estimate of drug-likeness (QED) is 0.737. The fourth-order valence-electron chi connectivity index (χ4n) is 3.62. The number of benzene rings is 1. The van der Waals surface area contributed by atoms with Crippen molar-refractivity contribution in [2.45, 2.75) is 25.8 Å². The van der Waals surface area contributed by atoms with Crippen LogP contribution >= 0.6 is 0 Å². The molecule has 5 nitrogen and oxygen atoms in total. The molecule has 1 aliphatic rings. The predicted molar refractivity (Wildman–Crippen MR) is 97.0 cm³/mol. The molecule has 128 valence electrons. The van der Waals surface area contributed by atoms with Gasteiger partial charge in [-0.05, 0) is 55.0 Å². The van der Waals surface area contributed by atoms with Gasteiger partial charge in [-0.1, -0.05) is 12.1 Å². The fraction of sp³-hybridized carbons (Fsp3) is 0.350. The largest absolute Gasteiger partial charge is 0.341 e. The second-order valence-corrected chi connectivity index (χ2v) is 6.74. The average Bonchev–Trinajstić information content (AvgIpc) is 3.06. The summed E-state index contributed by atoms with van der Waals surface area (Å²) in [6.07, 6.45) is 8.68. The van der Waals surface area contributed by atoms with Crippen molar-refractivity contribution in [2.24, 2.45) is 5.92 Å². The topological polar surface area (TPSA) is 51.0 Å². The molecule has 0 saturated carbocycles. The SMILES string of the molecule is O=C(Cn1cnc2ccccc21)N1CCC(Cc2ccncc2)CC1. The fourth-order valence-corrected chi connectivity index (χ4v) is 3.62. The lowest BCUT2D eigenvalue weighted by molar-refractivity contribution is -0.133. The first-order chi connectivity index (χ1) is 12.3. The van der Waals surface area contributed by atoms with Crippen LogP contribution in [-0.2, 0) is 17.8 Å². The Morgan fingerprint density at radius 1 is 1.08 bits per heavy atom. The van der Waals surface area contributed by atoms with E-state index in [0.717, 1.165) is 43.4 Å². The highest BCUT2D eigenvalue weighted by Gasteiger charge is 2.23. The maximum atomic E-state index is 12.6. The molecule has 3 aromatic rings. The maximum absolute atomic E-state index is 12.6. The minimum absolute atomic E-state index is 0.186. The summed E-state index contributed by atoms with van der Waals surface area (Å²) in [6, 6.07) is 12.1. The van der Waals surface area contributed by atoms with Gasteiger partial charge in [-0.25, -0.2) is 4.98 Å². The first kappa shape index (κ1) is 15.8. The number of aromatic nitrogens is 3. The van der Waals surface area contributed by atoms with E-state index in [9.17, 15) is 4.79 Å². The van der Waals surface area contributed by atoms with Gasteiger partial charge in [0.05, 0.1) is 17.4 Å². The molecule has 5 heteroatoms. The molecule has 0 unspecified atom stereocenters. The highest BCUT2D eigenvalue weighted by atomic mass is 16.2. The number of pyridine rings is 1. The molecule has 0 N–H and O–H groups in total. The highest BCUT2D eigenvalue weighted by Crippen LogP contribution is 2.22. The van der Waals surface area contributed by atoms with Gasteiger partial charge >= 0.3 is 0 Å². The summed E-state index contributed by atoms with van der Waals surface area (Å²) < 4.78 is 1.95. The molecule has 0 atom stereocenters. The van der Waals surface area contributed by atoms with E-state index >= 15 is 0 Å². The molecule has 3 heterocycles. The lowest BCUT2D eigenvalue weighted by Gasteiger charge is -2.32. The monoisotopic (exact) mass is 334 g/mol. The van der Waals surface area contributed by atoms with Gasteiger partial charge in [0.25, 0.3) is 0 Å². The van der Waals surface area contributed by atoms with Gasteiger partial charge in [-0.15, -0.1) is 0 Å². The Labute approximate surface area is 147 Å². The van der Waals surface area contributed by atoms with E-state index in [1.807, 2.05) is 46.1 Å². The smallest absolute Gasteiger partial charge is 0.242 e. The van der Waals surface area contributed by atoms with Crippen LogP contribution in [0.3, 0.4) is 0 Å². The van der Waals surface area contributed by atoms with Gasteiger partial charge in [0, 0.05) is 25.5 Å². The Morgan fingerprint density at radius 2 is 1.84 bits per heavy atom. The predicted octanol–water partition coefficient (Wildman–Crippen LogP) is 2.91. The van der Waals surface area contributed by atoms with E-state index in [4.69, 9.17) is 0 Å². The van der Waals surface area contributed by atoms with Gasteiger partial charge in [0.2, 0.25) is 5.91 Å². The van der Waals surface area contributed by atoms with Crippen molar-refractivity contribution in [1.29, 1.82) is 0 Å². The van der Waals surface area contributed by atoms with E-state index in [2.05, 4.69) is 22.1 Å². The van der Waals surface area contributed by atoms with Crippen LogP contribution in [0.2, 0.25) is 0 Å². The number of piperidine rings is 1. The zero-order chi connectivity index (χ0) is 17.1. The summed E-state index contributed by atoms with van der Waals surface area (Å²) >= 11 is 0. The summed E-state index contributed by atoms with van der Waals surface area (Å²) in [5.74, 6) is 0.839. The second-order valence-electron chi connectivity index (χ2n) is 6.74. The van der Waals surface area contributed by atoms with Crippen LogP contribution in [-0.4, -0.2) is 38.4 Å².